The fourth-order valence-corrected chi connectivity index (χ4v) is 3.31. The zero-order valence-corrected chi connectivity index (χ0v) is 9.78. The van der Waals surface area contributed by atoms with E-state index < -0.39 is 0 Å². The van der Waals surface area contributed by atoms with Crippen LogP contribution in [-0.2, 0) is 6.54 Å². The second-order valence-corrected chi connectivity index (χ2v) is 5.41. The first kappa shape index (κ1) is 9.66. The van der Waals surface area contributed by atoms with Crippen molar-refractivity contribution in [3.63, 3.8) is 0 Å². The summed E-state index contributed by atoms with van der Waals surface area (Å²) >= 11 is 0. The maximum Gasteiger partial charge on any atom is 0.226 e. The second kappa shape index (κ2) is 3.33. The maximum absolute atomic E-state index is 5.72. The van der Waals surface area contributed by atoms with E-state index >= 15 is 0 Å². The van der Waals surface area contributed by atoms with Crippen LogP contribution in [0.5, 0.6) is 0 Å². The lowest BCUT2D eigenvalue weighted by atomic mass is 10.2. The number of hydrogen-bond acceptors (Lipinski definition) is 3. The van der Waals surface area contributed by atoms with Crippen LogP contribution in [0.15, 0.2) is 28.8 Å². The fraction of sp³-hybridized carbons (Fsp3) is 0.500. The largest absolute Gasteiger partial charge is 0.441 e. The summed E-state index contributed by atoms with van der Waals surface area (Å²) in [5.74, 6) is 1.94. The number of pyridine rings is 1. The molecule has 2 heterocycles. The summed E-state index contributed by atoms with van der Waals surface area (Å²) in [7, 11) is 0. The number of nitrogens with zero attached hydrogens (tertiary/aromatic N) is 1. The minimum Gasteiger partial charge on any atom is -0.441 e. The molecule has 2 aromatic rings. The highest BCUT2D eigenvalue weighted by atomic mass is 16.3. The van der Waals surface area contributed by atoms with Crippen molar-refractivity contribution >= 4 is 11.1 Å². The van der Waals surface area contributed by atoms with E-state index in [1.807, 2.05) is 12.1 Å². The van der Waals surface area contributed by atoms with Crippen molar-refractivity contribution in [1.29, 1.82) is 0 Å². The van der Waals surface area contributed by atoms with E-state index in [0.717, 1.165) is 29.3 Å². The van der Waals surface area contributed by atoms with Crippen LogP contribution in [-0.4, -0.2) is 10.5 Å². The van der Waals surface area contributed by atoms with Gasteiger partial charge >= 0.3 is 0 Å². The van der Waals surface area contributed by atoms with Crippen molar-refractivity contribution in [3.8, 4) is 0 Å². The van der Waals surface area contributed by atoms with Crippen LogP contribution < -0.4 is 5.32 Å². The number of hydrogen-bond donors (Lipinski definition) is 1. The Hall–Kier alpha value is -1.35. The molecule has 1 N–H and O–H groups in total. The smallest absolute Gasteiger partial charge is 0.226 e. The summed E-state index contributed by atoms with van der Waals surface area (Å²) in [6.07, 6.45) is 7.28. The van der Waals surface area contributed by atoms with Gasteiger partial charge in [0, 0.05) is 17.1 Å². The van der Waals surface area contributed by atoms with Crippen molar-refractivity contribution in [2.75, 3.05) is 0 Å². The van der Waals surface area contributed by atoms with Gasteiger partial charge < -0.3 is 9.73 Å². The molecule has 0 saturated heterocycles. The number of nitrogens with one attached hydrogen (secondary N) is 1. The van der Waals surface area contributed by atoms with E-state index in [2.05, 4.69) is 16.4 Å². The highest BCUT2D eigenvalue weighted by Crippen LogP contribution is 2.55. The van der Waals surface area contributed by atoms with Gasteiger partial charge in [0.05, 0.1) is 6.54 Å². The van der Waals surface area contributed by atoms with E-state index in [1.165, 1.54) is 25.7 Å². The molecule has 0 amide bonds. The van der Waals surface area contributed by atoms with Gasteiger partial charge in [-0.25, -0.2) is 4.98 Å². The highest BCUT2D eigenvalue weighted by Gasteiger charge is 2.56. The van der Waals surface area contributed by atoms with E-state index in [1.54, 1.807) is 6.20 Å². The quantitative estimate of drug-likeness (QED) is 0.877. The molecule has 0 aliphatic heterocycles. The van der Waals surface area contributed by atoms with Gasteiger partial charge in [0.25, 0.3) is 0 Å². The summed E-state index contributed by atoms with van der Waals surface area (Å²) in [6.45, 7) is 0.840. The summed E-state index contributed by atoms with van der Waals surface area (Å²) < 4.78 is 5.72. The van der Waals surface area contributed by atoms with Crippen molar-refractivity contribution in [2.45, 2.75) is 37.8 Å². The third-order valence-electron chi connectivity index (χ3n) is 4.37. The molecule has 2 atom stereocenters. The predicted octanol–water partition coefficient (Wildman–Crippen LogP) is 2.86. The molecule has 3 heteroatoms. The Morgan fingerprint density at radius 1 is 1.53 bits per heavy atom. The van der Waals surface area contributed by atoms with Crippen LogP contribution in [0.2, 0.25) is 0 Å². The minimum atomic E-state index is 0.465. The first-order chi connectivity index (χ1) is 8.36. The summed E-state index contributed by atoms with van der Waals surface area (Å²) in [5.41, 5.74) is 1.22. The minimum absolute atomic E-state index is 0.465. The van der Waals surface area contributed by atoms with Crippen LogP contribution in [0.25, 0.3) is 11.1 Å². The van der Waals surface area contributed by atoms with E-state index in [0.29, 0.717) is 5.54 Å². The van der Waals surface area contributed by atoms with Crippen molar-refractivity contribution < 1.29 is 4.42 Å². The van der Waals surface area contributed by atoms with Crippen LogP contribution in [0, 0.1) is 5.92 Å². The summed E-state index contributed by atoms with van der Waals surface area (Å²) in [5, 5.41) is 4.79. The van der Waals surface area contributed by atoms with Crippen LogP contribution in [0.1, 0.15) is 31.4 Å². The summed E-state index contributed by atoms with van der Waals surface area (Å²) in [4.78, 5) is 4.21. The standard InChI is InChI=1S/C14H16N2O/c1-4-11-8-14(11,5-1)16-9-12-7-10-3-2-6-15-13(10)17-12/h2-3,6-7,11,16H,1,4-5,8-9H2/t11-,14-/m1/s1. The fourth-order valence-electron chi connectivity index (χ4n) is 3.31. The Bertz CT molecular complexity index is 529. The molecule has 2 fully saturated rings. The van der Waals surface area contributed by atoms with Gasteiger partial charge in [0.2, 0.25) is 5.71 Å². The van der Waals surface area contributed by atoms with Gasteiger partial charge in [-0.2, -0.15) is 0 Å². The molecule has 0 unspecified atom stereocenters. The van der Waals surface area contributed by atoms with Gasteiger partial charge in [0.15, 0.2) is 0 Å². The lowest BCUT2D eigenvalue weighted by molar-refractivity contribution is 0.433. The van der Waals surface area contributed by atoms with E-state index in [-0.39, 0.29) is 0 Å². The molecular weight excluding hydrogens is 212 g/mol. The summed E-state index contributed by atoms with van der Waals surface area (Å²) in [6, 6.07) is 6.09. The number of fused-ring (bicyclic) bond motifs is 2. The van der Waals surface area contributed by atoms with Gasteiger partial charge in [-0.1, -0.05) is 6.42 Å². The van der Waals surface area contributed by atoms with Gasteiger partial charge in [-0.15, -0.1) is 0 Å². The second-order valence-electron chi connectivity index (χ2n) is 5.41. The van der Waals surface area contributed by atoms with Crippen LogP contribution in [0.4, 0.5) is 0 Å². The predicted molar refractivity (Wildman–Crippen MR) is 65.5 cm³/mol. The molecule has 0 spiro atoms. The Balaban J connectivity index is 1.52. The Kier molecular flexibility index (Phi) is 1.89. The van der Waals surface area contributed by atoms with Gasteiger partial charge in [0.1, 0.15) is 5.76 Å². The van der Waals surface area contributed by atoms with Crippen molar-refractivity contribution in [1.82, 2.24) is 10.3 Å². The maximum atomic E-state index is 5.72. The van der Waals surface area contributed by atoms with E-state index in [4.69, 9.17) is 4.42 Å². The highest BCUT2D eigenvalue weighted by molar-refractivity contribution is 5.73. The van der Waals surface area contributed by atoms with Gasteiger partial charge in [-0.05, 0) is 43.4 Å². The SMILES string of the molecule is c1cnc2oc(CN[C@@]34CCC[C@@H]3C4)cc2c1. The molecule has 88 valence electrons. The first-order valence-electron chi connectivity index (χ1n) is 6.44. The third kappa shape index (κ3) is 1.49. The molecule has 2 aliphatic carbocycles. The Morgan fingerprint density at radius 2 is 2.53 bits per heavy atom. The number of rotatable bonds is 3. The monoisotopic (exact) mass is 228 g/mol. The van der Waals surface area contributed by atoms with Crippen molar-refractivity contribution in [3.05, 3.63) is 30.2 Å². The number of aromatic nitrogens is 1. The van der Waals surface area contributed by atoms with Crippen LogP contribution >= 0.6 is 0 Å². The molecule has 2 aromatic heterocycles. The lowest BCUT2D eigenvalue weighted by Gasteiger charge is -2.12. The Morgan fingerprint density at radius 3 is 3.29 bits per heavy atom. The van der Waals surface area contributed by atoms with E-state index in [9.17, 15) is 0 Å². The normalized spacial score (nSPS) is 30.7. The Labute approximate surface area is 100 Å². The molecular formula is C14H16N2O. The first-order valence-corrected chi connectivity index (χ1v) is 6.44. The average Bonchev–Trinajstić information content (AvgIpc) is 2.76. The topological polar surface area (TPSA) is 38.1 Å². The molecule has 0 bridgehead atoms. The van der Waals surface area contributed by atoms with Crippen molar-refractivity contribution in [2.24, 2.45) is 5.92 Å². The molecule has 17 heavy (non-hydrogen) atoms. The molecule has 4 rings (SSSR count). The molecule has 0 radical (unpaired) electrons. The lowest BCUT2D eigenvalue weighted by Crippen LogP contribution is -2.30. The van der Waals surface area contributed by atoms with Crippen LogP contribution in [0.3, 0.4) is 0 Å². The molecule has 3 nitrogen and oxygen atoms in total. The molecule has 2 aliphatic rings. The molecule has 2 saturated carbocycles. The number of furan rings is 1. The zero-order chi connectivity index (χ0) is 11.3. The molecule has 0 aromatic carbocycles. The van der Waals surface area contributed by atoms with Gasteiger partial charge in [-0.3, -0.25) is 0 Å². The third-order valence-corrected chi connectivity index (χ3v) is 4.37. The average molecular weight is 228 g/mol. The zero-order valence-electron chi connectivity index (χ0n) is 9.78.